The second kappa shape index (κ2) is 5.01. The van der Waals surface area contributed by atoms with E-state index in [0.29, 0.717) is 6.42 Å². The lowest BCUT2D eigenvalue weighted by Gasteiger charge is -2.05. The van der Waals surface area contributed by atoms with Crippen molar-refractivity contribution in [3.63, 3.8) is 0 Å². The molecule has 0 aromatic carbocycles. The Kier molecular flexibility index (Phi) is 4.61. The summed E-state index contributed by atoms with van der Waals surface area (Å²) < 4.78 is 4.43. The van der Waals surface area contributed by atoms with Gasteiger partial charge in [-0.25, -0.2) is 4.79 Å². The Morgan fingerprint density at radius 2 is 2.30 bits per heavy atom. The van der Waals surface area contributed by atoms with E-state index in [1.54, 1.807) is 5.32 Å². The zero-order chi connectivity index (χ0) is 7.98. The summed E-state index contributed by atoms with van der Waals surface area (Å²) in [7, 11) is 0. The molecule has 0 bridgehead atoms. The zero-order valence-corrected chi connectivity index (χ0v) is 5.70. The number of ether oxygens (including phenoxy) is 1. The van der Waals surface area contributed by atoms with Crippen molar-refractivity contribution in [2.75, 3.05) is 6.61 Å². The number of hydrogen-bond acceptors (Lipinski definition) is 4. The number of nitrogens with one attached hydrogen (secondary N) is 1. The number of amides is 1. The third kappa shape index (κ3) is 5.33. The highest BCUT2D eigenvalue weighted by atomic mass is 16.6. The van der Waals surface area contributed by atoms with E-state index in [1.165, 1.54) is 0 Å². The topological polar surface area (TPSA) is 78.8 Å². The maximum atomic E-state index is 10.4. The van der Waals surface area contributed by atoms with Crippen LogP contribution >= 0.6 is 0 Å². The van der Waals surface area contributed by atoms with E-state index in [0.717, 1.165) is 0 Å². The van der Waals surface area contributed by atoms with Gasteiger partial charge in [-0.2, -0.15) is 0 Å². The SMILES string of the molecule is CCCOC(=O)NC(O)O. The minimum Gasteiger partial charge on any atom is -0.449 e. The maximum Gasteiger partial charge on any atom is 0.411 e. The molecule has 0 aromatic rings. The molecule has 0 spiro atoms. The second-order valence-electron chi connectivity index (χ2n) is 1.65. The molecule has 0 aromatic heterocycles. The second-order valence-corrected chi connectivity index (χ2v) is 1.65. The summed E-state index contributed by atoms with van der Waals surface area (Å²) in [6.45, 7) is 2.11. The van der Waals surface area contributed by atoms with Crippen LogP contribution in [0.15, 0.2) is 0 Å². The molecule has 1 amide bonds. The molecule has 10 heavy (non-hydrogen) atoms. The lowest BCUT2D eigenvalue weighted by atomic mass is 10.5. The molecule has 0 unspecified atom stereocenters. The molecule has 0 saturated heterocycles. The van der Waals surface area contributed by atoms with Crippen molar-refractivity contribution in [2.45, 2.75) is 19.8 Å². The number of carbonyl (C=O) groups is 1. The number of aliphatic hydroxyl groups is 2. The summed E-state index contributed by atoms with van der Waals surface area (Å²) >= 11 is 0. The fourth-order valence-electron chi connectivity index (χ4n) is 0.342. The number of aliphatic hydroxyl groups excluding tert-OH is 1. The lowest BCUT2D eigenvalue weighted by Crippen LogP contribution is -2.34. The summed E-state index contributed by atoms with van der Waals surface area (Å²) in [5.41, 5.74) is 0. The van der Waals surface area contributed by atoms with Gasteiger partial charge < -0.3 is 14.9 Å². The molecule has 3 N–H and O–H groups in total. The van der Waals surface area contributed by atoms with Crippen LogP contribution in [0.25, 0.3) is 0 Å². The number of alkyl carbamates (subject to hydrolysis) is 1. The molecular weight excluding hydrogens is 138 g/mol. The van der Waals surface area contributed by atoms with Crippen LogP contribution in [0, 0.1) is 0 Å². The maximum absolute atomic E-state index is 10.4. The van der Waals surface area contributed by atoms with Crippen LogP contribution in [0.4, 0.5) is 4.79 Å². The van der Waals surface area contributed by atoms with Crippen molar-refractivity contribution in [1.82, 2.24) is 5.32 Å². The van der Waals surface area contributed by atoms with Gasteiger partial charge in [0.1, 0.15) is 0 Å². The summed E-state index contributed by atoms with van der Waals surface area (Å²) in [6, 6.07) is 0. The van der Waals surface area contributed by atoms with E-state index in [2.05, 4.69) is 4.74 Å². The van der Waals surface area contributed by atoms with Gasteiger partial charge in [-0.05, 0) is 6.42 Å². The molecule has 0 aliphatic carbocycles. The third-order valence-corrected chi connectivity index (χ3v) is 0.684. The Balaban J connectivity index is 3.26. The van der Waals surface area contributed by atoms with Crippen LogP contribution in [0.5, 0.6) is 0 Å². The summed E-state index contributed by atoms with van der Waals surface area (Å²) in [5.74, 6) is 0. The highest BCUT2D eigenvalue weighted by Gasteiger charge is 2.03. The van der Waals surface area contributed by atoms with Gasteiger partial charge in [0.2, 0.25) is 6.41 Å². The van der Waals surface area contributed by atoms with Crippen molar-refractivity contribution in [2.24, 2.45) is 0 Å². The predicted molar refractivity (Wildman–Crippen MR) is 33.0 cm³/mol. The molecule has 0 fully saturated rings. The first-order chi connectivity index (χ1) is 4.66. The van der Waals surface area contributed by atoms with E-state index in [9.17, 15) is 4.79 Å². The van der Waals surface area contributed by atoms with Gasteiger partial charge in [-0.1, -0.05) is 6.92 Å². The van der Waals surface area contributed by atoms with Crippen LogP contribution < -0.4 is 5.32 Å². The summed E-state index contributed by atoms with van der Waals surface area (Å²) in [6.07, 6.45) is -1.96. The quantitative estimate of drug-likeness (QED) is 0.468. The van der Waals surface area contributed by atoms with Crippen LogP contribution in [0.1, 0.15) is 13.3 Å². The summed E-state index contributed by atoms with van der Waals surface area (Å²) in [4.78, 5) is 10.4. The number of hydrogen-bond donors (Lipinski definition) is 3. The largest absolute Gasteiger partial charge is 0.449 e. The van der Waals surface area contributed by atoms with Gasteiger partial charge in [0.05, 0.1) is 6.61 Å². The summed E-state index contributed by atoms with van der Waals surface area (Å²) in [5, 5.41) is 18.1. The molecule has 0 heterocycles. The Bertz CT molecular complexity index is 104. The first-order valence-corrected chi connectivity index (χ1v) is 2.96. The first kappa shape index (κ1) is 9.19. The van der Waals surface area contributed by atoms with E-state index in [4.69, 9.17) is 10.2 Å². The van der Waals surface area contributed by atoms with Crippen molar-refractivity contribution in [3.05, 3.63) is 0 Å². The molecule has 0 atom stereocenters. The van der Waals surface area contributed by atoms with Crippen LogP contribution in [-0.4, -0.2) is 29.3 Å². The fourth-order valence-corrected chi connectivity index (χ4v) is 0.342. The average molecular weight is 149 g/mol. The zero-order valence-electron chi connectivity index (χ0n) is 5.70. The van der Waals surface area contributed by atoms with Crippen LogP contribution in [0.2, 0.25) is 0 Å². The molecular formula is C5H11NO4. The minimum atomic E-state index is -1.84. The predicted octanol–water partition coefficient (Wildman–Crippen LogP) is -0.609. The van der Waals surface area contributed by atoms with Gasteiger partial charge in [0.25, 0.3) is 0 Å². The van der Waals surface area contributed by atoms with Crippen molar-refractivity contribution < 1.29 is 19.7 Å². The molecule has 0 radical (unpaired) electrons. The first-order valence-electron chi connectivity index (χ1n) is 2.96. The molecule has 0 saturated carbocycles. The Hall–Kier alpha value is -0.810. The molecule has 0 aliphatic rings. The molecule has 5 heteroatoms. The van der Waals surface area contributed by atoms with E-state index < -0.39 is 12.5 Å². The molecule has 60 valence electrons. The monoisotopic (exact) mass is 149 g/mol. The van der Waals surface area contributed by atoms with Gasteiger partial charge >= 0.3 is 6.09 Å². The Labute approximate surface area is 58.6 Å². The smallest absolute Gasteiger partial charge is 0.411 e. The van der Waals surface area contributed by atoms with Crippen molar-refractivity contribution in [3.8, 4) is 0 Å². The molecule has 5 nitrogen and oxygen atoms in total. The van der Waals surface area contributed by atoms with Gasteiger partial charge in [-0.15, -0.1) is 0 Å². The minimum absolute atomic E-state index is 0.276. The van der Waals surface area contributed by atoms with Gasteiger partial charge in [-0.3, -0.25) is 5.32 Å². The van der Waals surface area contributed by atoms with Crippen molar-refractivity contribution >= 4 is 6.09 Å². The van der Waals surface area contributed by atoms with Crippen molar-refractivity contribution in [1.29, 1.82) is 0 Å². The van der Waals surface area contributed by atoms with Crippen LogP contribution in [0.3, 0.4) is 0 Å². The Morgan fingerprint density at radius 1 is 1.70 bits per heavy atom. The van der Waals surface area contributed by atoms with Gasteiger partial charge in [0, 0.05) is 0 Å². The standard InChI is InChI=1S/C5H11NO4/c1-2-3-10-5(9)6-4(7)8/h4,7-8H,2-3H2,1H3,(H,6,9). The molecule has 0 aliphatic heterocycles. The number of carbonyl (C=O) groups excluding carboxylic acids is 1. The number of rotatable bonds is 3. The Morgan fingerprint density at radius 3 is 2.70 bits per heavy atom. The van der Waals surface area contributed by atoms with E-state index >= 15 is 0 Å². The third-order valence-electron chi connectivity index (χ3n) is 0.684. The normalized spacial score (nSPS) is 9.60. The fraction of sp³-hybridized carbons (Fsp3) is 0.800. The highest BCUT2D eigenvalue weighted by Crippen LogP contribution is 1.81. The highest BCUT2D eigenvalue weighted by molar-refractivity contribution is 5.66. The van der Waals surface area contributed by atoms with Crippen LogP contribution in [-0.2, 0) is 4.74 Å². The lowest BCUT2D eigenvalue weighted by molar-refractivity contribution is -0.0619. The average Bonchev–Trinajstić information content (AvgIpc) is 1.82. The van der Waals surface area contributed by atoms with Gasteiger partial charge in [0.15, 0.2) is 0 Å². The van der Waals surface area contributed by atoms with E-state index in [1.807, 2.05) is 6.92 Å². The van der Waals surface area contributed by atoms with E-state index in [-0.39, 0.29) is 6.61 Å². The molecule has 0 rings (SSSR count).